The highest BCUT2D eigenvalue weighted by atomic mass is 79.9. The fraction of sp³-hybridized carbons (Fsp3) is 0.105. The number of alkyl halides is 3. The average molecular weight is 605 g/mol. The fourth-order valence-corrected chi connectivity index (χ4v) is 3.81. The van der Waals surface area contributed by atoms with Crippen molar-refractivity contribution < 1.29 is 32.0 Å². The minimum absolute atomic E-state index is 0.0230. The molecule has 4 aromatic rings. The van der Waals surface area contributed by atoms with Crippen LogP contribution in [0.15, 0.2) is 50.0 Å². The van der Waals surface area contributed by atoms with E-state index >= 15 is 0 Å². The number of hydrogen-bond donors (Lipinski definition) is 1. The summed E-state index contributed by atoms with van der Waals surface area (Å²) in [4.78, 5) is 27.4. The molecule has 1 aromatic carbocycles. The molecule has 0 aliphatic carbocycles. The third-order valence-electron chi connectivity index (χ3n) is 4.46. The maximum absolute atomic E-state index is 13.8. The Morgan fingerprint density at radius 2 is 1.97 bits per heavy atom. The molecule has 0 saturated carbocycles. The molecule has 0 bridgehead atoms. The Labute approximate surface area is 204 Å². The summed E-state index contributed by atoms with van der Waals surface area (Å²) >= 11 is 6.18. The molecule has 34 heavy (non-hydrogen) atoms. The molecule has 0 unspecified atom stereocenters. The number of ether oxygens (including phenoxy) is 1. The number of fused-ring (bicyclic) bond motifs is 1. The van der Waals surface area contributed by atoms with Gasteiger partial charge in [0.2, 0.25) is 0 Å². The van der Waals surface area contributed by atoms with Crippen LogP contribution in [0.4, 0.5) is 24.5 Å². The number of furan rings is 1. The van der Waals surface area contributed by atoms with Crippen molar-refractivity contribution in [3.8, 4) is 17.2 Å². The molecule has 1 amide bonds. The number of carbonyl (C=O) groups excluding carboxylic acids is 1. The second kappa shape index (κ2) is 8.72. The summed E-state index contributed by atoms with van der Waals surface area (Å²) in [6.45, 7) is 0. The van der Waals surface area contributed by atoms with Crippen LogP contribution in [0.3, 0.4) is 0 Å². The fourth-order valence-electron chi connectivity index (χ4n) is 2.99. The van der Waals surface area contributed by atoms with Crippen LogP contribution >= 0.6 is 31.9 Å². The molecule has 4 rings (SSSR count). The zero-order chi connectivity index (χ0) is 24.8. The number of nitro groups is 1. The summed E-state index contributed by atoms with van der Waals surface area (Å²) in [5, 5.41) is 17.3. The first-order valence-corrected chi connectivity index (χ1v) is 10.6. The van der Waals surface area contributed by atoms with Crippen LogP contribution in [0.1, 0.15) is 16.2 Å². The molecule has 0 atom stereocenters. The van der Waals surface area contributed by atoms with Gasteiger partial charge in [0.1, 0.15) is 11.4 Å². The normalized spacial score (nSPS) is 11.6. The van der Waals surface area contributed by atoms with Crippen LogP contribution < -0.4 is 10.1 Å². The van der Waals surface area contributed by atoms with Gasteiger partial charge in [-0.3, -0.25) is 14.9 Å². The van der Waals surface area contributed by atoms with E-state index in [1.807, 2.05) is 0 Å². The lowest BCUT2D eigenvalue weighted by molar-refractivity contribution is -0.384. The van der Waals surface area contributed by atoms with E-state index in [1.54, 1.807) is 0 Å². The standard InChI is InChI=1S/C19H10Br2F3N5O5/c1-33-10-5-8(4-9(6-10)29(31)32)25-18(30)16-15(21)17-26-11(12-2-3-14(20)34-12)7-13(19(22,23)24)28(17)27-16/h2-7H,1H3,(H,25,30). The molecule has 0 aliphatic rings. The summed E-state index contributed by atoms with van der Waals surface area (Å²) in [6, 6.07) is 7.18. The number of carbonyl (C=O) groups is 1. The van der Waals surface area contributed by atoms with Crippen molar-refractivity contribution in [2.45, 2.75) is 6.18 Å². The molecule has 1 N–H and O–H groups in total. The van der Waals surface area contributed by atoms with Crippen molar-refractivity contribution in [1.29, 1.82) is 0 Å². The van der Waals surface area contributed by atoms with Crippen molar-refractivity contribution in [2.24, 2.45) is 0 Å². The second-order valence-corrected chi connectivity index (χ2v) is 8.23. The minimum Gasteiger partial charge on any atom is -0.496 e. The highest BCUT2D eigenvalue weighted by Crippen LogP contribution is 2.36. The topological polar surface area (TPSA) is 125 Å². The lowest BCUT2D eigenvalue weighted by Crippen LogP contribution is -2.16. The number of halogens is 5. The van der Waals surface area contributed by atoms with Gasteiger partial charge >= 0.3 is 6.18 Å². The largest absolute Gasteiger partial charge is 0.496 e. The van der Waals surface area contributed by atoms with Gasteiger partial charge in [-0.1, -0.05) is 0 Å². The van der Waals surface area contributed by atoms with E-state index < -0.39 is 28.4 Å². The van der Waals surface area contributed by atoms with Gasteiger partial charge in [0.05, 0.1) is 28.3 Å². The first kappa shape index (κ1) is 23.7. The summed E-state index contributed by atoms with van der Waals surface area (Å²) in [6.07, 6.45) is -4.84. The number of rotatable bonds is 5. The van der Waals surface area contributed by atoms with Crippen LogP contribution in [-0.2, 0) is 6.18 Å². The number of non-ortho nitro benzene ring substituents is 1. The molecule has 176 valence electrons. The van der Waals surface area contributed by atoms with Crippen LogP contribution in [-0.4, -0.2) is 32.5 Å². The van der Waals surface area contributed by atoms with Crippen LogP contribution in [0.25, 0.3) is 17.1 Å². The van der Waals surface area contributed by atoms with Gasteiger partial charge in [0.25, 0.3) is 11.6 Å². The SMILES string of the molecule is COc1cc(NC(=O)c2nn3c(C(F)(F)F)cc(-c4ccc(Br)o4)nc3c2Br)cc([N+](=O)[O-])c1. The third kappa shape index (κ3) is 4.48. The smallest absolute Gasteiger partial charge is 0.433 e. The number of benzene rings is 1. The Hall–Kier alpha value is -3.46. The molecule has 3 aromatic heterocycles. The number of nitrogens with zero attached hydrogens (tertiary/aromatic N) is 4. The Balaban J connectivity index is 1.81. The number of hydrogen-bond acceptors (Lipinski definition) is 7. The molecule has 15 heteroatoms. The quantitative estimate of drug-likeness (QED) is 0.229. The predicted octanol–water partition coefficient (Wildman–Crippen LogP) is 5.70. The van der Waals surface area contributed by atoms with Crippen LogP contribution in [0, 0.1) is 10.1 Å². The van der Waals surface area contributed by atoms with E-state index in [0.29, 0.717) is 4.52 Å². The first-order chi connectivity index (χ1) is 16.0. The van der Waals surface area contributed by atoms with Gasteiger partial charge < -0.3 is 14.5 Å². The zero-order valence-corrected chi connectivity index (χ0v) is 19.9. The summed E-state index contributed by atoms with van der Waals surface area (Å²) < 4.78 is 52.3. The summed E-state index contributed by atoms with van der Waals surface area (Å²) in [5.74, 6) is -0.785. The molecular formula is C19H10Br2F3N5O5. The lowest BCUT2D eigenvalue weighted by Gasteiger charge is -2.10. The number of anilines is 1. The lowest BCUT2D eigenvalue weighted by atomic mass is 10.2. The van der Waals surface area contributed by atoms with E-state index in [0.717, 1.165) is 18.2 Å². The van der Waals surface area contributed by atoms with E-state index in [4.69, 9.17) is 9.15 Å². The van der Waals surface area contributed by atoms with Gasteiger partial charge in [-0.15, -0.1) is 0 Å². The van der Waals surface area contributed by atoms with Gasteiger partial charge in [0, 0.05) is 12.1 Å². The van der Waals surface area contributed by atoms with Crippen molar-refractivity contribution in [3.05, 3.63) is 67.0 Å². The maximum atomic E-state index is 13.8. The summed E-state index contributed by atoms with van der Waals surface area (Å²) in [7, 11) is 1.28. The third-order valence-corrected chi connectivity index (χ3v) is 5.62. The second-order valence-electron chi connectivity index (χ2n) is 6.66. The first-order valence-electron chi connectivity index (χ1n) is 9.05. The number of nitrogens with one attached hydrogen (secondary N) is 1. The number of methoxy groups -OCH3 is 1. The van der Waals surface area contributed by atoms with Crippen molar-refractivity contribution in [3.63, 3.8) is 0 Å². The number of aromatic nitrogens is 3. The Kier molecular flexibility index (Phi) is 6.07. The van der Waals surface area contributed by atoms with E-state index in [1.165, 1.54) is 25.3 Å². The Morgan fingerprint density at radius 1 is 1.24 bits per heavy atom. The van der Waals surface area contributed by atoms with Crippen LogP contribution in [0.5, 0.6) is 5.75 Å². The van der Waals surface area contributed by atoms with E-state index in [9.17, 15) is 28.1 Å². The van der Waals surface area contributed by atoms with E-state index in [2.05, 4.69) is 47.3 Å². The molecular weight excluding hydrogens is 595 g/mol. The molecule has 0 radical (unpaired) electrons. The highest BCUT2D eigenvalue weighted by Gasteiger charge is 2.37. The van der Waals surface area contributed by atoms with Gasteiger partial charge in [-0.05, 0) is 50.1 Å². The zero-order valence-electron chi connectivity index (χ0n) is 16.7. The molecule has 0 saturated heterocycles. The van der Waals surface area contributed by atoms with Gasteiger partial charge in [0.15, 0.2) is 27.5 Å². The molecule has 0 spiro atoms. The maximum Gasteiger partial charge on any atom is 0.433 e. The van der Waals surface area contributed by atoms with Crippen molar-refractivity contribution >= 4 is 54.8 Å². The molecule has 10 nitrogen and oxygen atoms in total. The molecule has 0 aliphatic heterocycles. The Bertz CT molecular complexity index is 1450. The van der Waals surface area contributed by atoms with Gasteiger partial charge in [-0.2, -0.15) is 18.3 Å². The van der Waals surface area contributed by atoms with Crippen LogP contribution in [0.2, 0.25) is 0 Å². The summed E-state index contributed by atoms with van der Waals surface area (Å²) in [5.41, 5.74) is -2.44. The highest BCUT2D eigenvalue weighted by molar-refractivity contribution is 9.10. The number of amides is 1. The minimum atomic E-state index is -4.84. The van der Waals surface area contributed by atoms with Gasteiger partial charge in [-0.25, -0.2) is 9.50 Å². The molecule has 3 heterocycles. The van der Waals surface area contributed by atoms with Crippen molar-refractivity contribution in [1.82, 2.24) is 14.6 Å². The predicted molar refractivity (Wildman–Crippen MR) is 119 cm³/mol. The molecule has 0 fully saturated rings. The van der Waals surface area contributed by atoms with Crippen molar-refractivity contribution in [2.75, 3.05) is 12.4 Å². The number of nitro benzene ring substituents is 1. The Morgan fingerprint density at radius 3 is 2.56 bits per heavy atom. The van der Waals surface area contributed by atoms with E-state index in [-0.39, 0.29) is 43.4 Å². The average Bonchev–Trinajstić information content (AvgIpc) is 3.35. The monoisotopic (exact) mass is 603 g/mol.